The van der Waals surface area contributed by atoms with Crippen LogP contribution in [0.15, 0.2) is 144 Å². The number of rotatable bonds is 31. The summed E-state index contributed by atoms with van der Waals surface area (Å²) in [5, 5.41) is 28.5. The predicted molar refractivity (Wildman–Crippen MR) is 288 cm³/mol. The van der Waals surface area contributed by atoms with E-state index in [1.54, 1.807) is 18.2 Å². The third-order valence-electron chi connectivity index (χ3n) is 11.6. The van der Waals surface area contributed by atoms with Gasteiger partial charge >= 0.3 is 5.97 Å². The van der Waals surface area contributed by atoms with Crippen molar-refractivity contribution in [1.29, 1.82) is 0 Å². The molecule has 0 amide bonds. The molecular weight excluding hydrogens is 845 g/mol. The predicted octanol–water partition coefficient (Wildman–Crippen LogP) is 15.5. The highest BCUT2D eigenvalue weighted by molar-refractivity contribution is 6.08. The van der Waals surface area contributed by atoms with Crippen LogP contribution < -0.4 is 0 Å². The van der Waals surface area contributed by atoms with Crippen molar-refractivity contribution in [2.75, 3.05) is 0 Å². The van der Waals surface area contributed by atoms with Gasteiger partial charge in [0.25, 0.3) is 0 Å². The van der Waals surface area contributed by atoms with Crippen molar-refractivity contribution < 1.29 is 34.5 Å². The fraction of sp³-hybridized carbons (Fsp3) is 0.541. The molecule has 5 atom stereocenters. The molecule has 0 aromatic rings. The highest BCUT2D eigenvalue weighted by Gasteiger charge is 2.23. The summed E-state index contributed by atoms with van der Waals surface area (Å²) in [6, 6.07) is 0. The number of aliphatic carboxylic acids is 1. The molecule has 0 unspecified atom stereocenters. The Bertz CT molecular complexity index is 1790. The Kier molecular flexibility index (Phi) is 39.4. The van der Waals surface area contributed by atoms with Gasteiger partial charge in [0.15, 0.2) is 17.3 Å². The number of carbonyl (C=O) groups excluding carboxylic acids is 3. The van der Waals surface area contributed by atoms with Crippen molar-refractivity contribution in [3.05, 3.63) is 144 Å². The second kappa shape index (κ2) is 42.4. The fourth-order valence-electron chi connectivity index (χ4n) is 7.56. The minimum Gasteiger partial charge on any atom is -0.481 e. The summed E-state index contributed by atoms with van der Waals surface area (Å²) >= 11 is 0. The first-order valence-corrected chi connectivity index (χ1v) is 25.8. The van der Waals surface area contributed by atoms with Crippen molar-refractivity contribution in [3.63, 3.8) is 0 Å². The molecule has 68 heavy (non-hydrogen) atoms. The molecule has 7 nitrogen and oxygen atoms in total. The number of allylic oxidation sites excluding steroid dienone is 21. The number of carbonyl (C=O) groups is 4. The molecule has 0 saturated heterocycles. The maximum atomic E-state index is 11.9. The molecule has 0 bridgehead atoms. The molecule has 378 valence electrons. The van der Waals surface area contributed by atoms with Crippen molar-refractivity contribution in [3.8, 4) is 0 Å². The molecule has 0 radical (unpaired) electrons. The van der Waals surface area contributed by atoms with Crippen LogP contribution in [0.25, 0.3) is 0 Å². The van der Waals surface area contributed by atoms with Gasteiger partial charge in [0, 0.05) is 40.9 Å². The van der Waals surface area contributed by atoms with E-state index in [4.69, 9.17) is 5.11 Å². The summed E-state index contributed by atoms with van der Waals surface area (Å²) in [4.78, 5) is 46.2. The van der Waals surface area contributed by atoms with Gasteiger partial charge in [-0.05, 0) is 108 Å². The molecule has 3 aliphatic carbocycles. The van der Waals surface area contributed by atoms with Crippen molar-refractivity contribution in [1.82, 2.24) is 0 Å². The van der Waals surface area contributed by atoms with Crippen LogP contribution in [0.1, 0.15) is 183 Å². The van der Waals surface area contributed by atoms with Gasteiger partial charge in [-0.1, -0.05) is 196 Å². The third-order valence-corrected chi connectivity index (χ3v) is 11.6. The van der Waals surface area contributed by atoms with Gasteiger partial charge in [0.05, 0.1) is 12.2 Å². The second-order valence-corrected chi connectivity index (χ2v) is 17.6. The van der Waals surface area contributed by atoms with E-state index in [1.165, 1.54) is 25.7 Å². The molecule has 0 aromatic carbocycles. The van der Waals surface area contributed by atoms with Gasteiger partial charge < -0.3 is 15.3 Å². The minimum atomic E-state index is -0.768. The van der Waals surface area contributed by atoms with Gasteiger partial charge in [-0.15, -0.1) is 0 Å². The van der Waals surface area contributed by atoms with Gasteiger partial charge in [-0.25, -0.2) is 0 Å². The van der Waals surface area contributed by atoms with Gasteiger partial charge in [0.2, 0.25) is 0 Å². The molecule has 0 aliphatic heterocycles. The molecular formula is C61H92O7. The fourth-order valence-corrected chi connectivity index (χ4v) is 7.56. The SMILES string of the molecule is C.CC/C=C\C/C=C/C=C1/C(=O)C=C[C@@H]1C/C=C\CCCC.CC/C=C\C[C@H](O)C/C=C1/C(=O)C=C[C@@H]1C/C=C\CCCC.CCCCC[C@H](O)C/C=C1/C(=O)C=C[C@@H]1C/C=C\CCCC(=O)O. The maximum Gasteiger partial charge on any atom is 0.303 e. The first-order valence-electron chi connectivity index (χ1n) is 25.8. The Labute approximate surface area is 413 Å². The lowest BCUT2D eigenvalue weighted by molar-refractivity contribution is -0.137. The number of aliphatic hydroxyl groups is 2. The normalized spacial score (nSPS) is 20.7. The van der Waals surface area contributed by atoms with Crippen LogP contribution >= 0.6 is 0 Å². The van der Waals surface area contributed by atoms with Crippen LogP contribution in [-0.2, 0) is 19.2 Å². The highest BCUT2D eigenvalue weighted by atomic mass is 16.4. The molecule has 3 aliphatic rings. The van der Waals surface area contributed by atoms with Crippen molar-refractivity contribution >= 4 is 23.3 Å². The second-order valence-electron chi connectivity index (χ2n) is 17.6. The van der Waals surface area contributed by atoms with Crippen LogP contribution in [0.5, 0.6) is 0 Å². The van der Waals surface area contributed by atoms with E-state index < -0.39 is 12.1 Å². The lowest BCUT2D eigenvalue weighted by Gasteiger charge is -2.11. The largest absolute Gasteiger partial charge is 0.481 e. The zero-order valence-electron chi connectivity index (χ0n) is 42.0. The summed E-state index contributed by atoms with van der Waals surface area (Å²) in [5.74, 6) is 0.0560. The summed E-state index contributed by atoms with van der Waals surface area (Å²) < 4.78 is 0. The molecule has 0 spiro atoms. The molecule has 3 N–H and O–H groups in total. The highest BCUT2D eigenvalue weighted by Crippen LogP contribution is 2.28. The Balaban J connectivity index is 0.000000985. The maximum absolute atomic E-state index is 11.9. The lowest BCUT2D eigenvalue weighted by Crippen LogP contribution is -2.08. The summed E-state index contributed by atoms with van der Waals surface area (Å²) in [6.45, 7) is 10.7. The number of carboxylic acid groups (broad SMARTS) is 1. The Morgan fingerprint density at radius 3 is 1.47 bits per heavy atom. The minimum absolute atomic E-state index is 0. The summed E-state index contributed by atoms with van der Waals surface area (Å²) in [7, 11) is 0. The van der Waals surface area contributed by atoms with Crippen LogP contribution in [0.2, 0.25) is 0 Å². The van der Waals surface area contributed by atoms with Gasteiger partial charge in [0.1, 0.15) is 0 Å². The van der Waals surface area contributed by atoms with E-state index in [0.29, 0.717) is 25.7 Å². The monoisotopic (exact) mass is 937 g/mol. The third kappa shape index (κ3) is 30.6. The quantitative estimate of drug-likeness (QED) is 0.0359. The number of hydrogen-bond acceptors (Lipinski definition) is 6. The van der Waals surface area contributed by atoms with Crippen molar-refractivity contribution in [2.45, 2.75) is 196 Å². The molecule has 0 aromatic heterocycles. The molecule has 3 rings (SSSR count). The number of hydrogen-bond donors (Lipinski definition) is 3. The molecule has 7 heteroatoms. The van der Waals surface area contributed by atoms with Crippen molar-refractivity contribution in [2.24, 2.45) is 17.8 Å². The smallest absolute Gasteiger partial charge is 0.303 e. The average Bonchev–Trinajstić information content (AvgIpc) is 3.98. The first-order chi connectivity index (χ1) is 32.5. The summed E-state index contributed by atoms with van der Waals surface area (Å²) in [5.41, 5.74) is 2.55. The number of ketones is 3. The number of unbranched alkanes of at least 4 members (excludes halogenated alkanes) is 7. The Morgan fingerprint density at radius 2 is 0.985 bits per heavy atom. The molecule has 0 heterocycles. The van der Waals surface area contributed by atoms with Crippen LogP contribution in [-0.4, -0.2) is 50.8 Å². The van der Waals surface area contributed by atoms with Crippen LogP contribution in [0.4, 0.5) is 0 Å². The van der Waals surface area contributed by atoms with Crippen LogP contribution in [0, 0.1) is 17.8 Å². The van der Waals surface area contributed by atoms with Gasteiger partial charge in [-0.2, -0.15) is 0 Å². The van der Waals surface area contributed by atoms with E-state index >= 15 is 0 Å². The molecule has 0 saturated carbocycles. The standard InChI is InChI=1S/C20H30O4.C20H30O2.C20H28O.CH4/c1-2-3-6-10-17(21)13-14-18-16(12-15-19(18)22)9-7-4-5-8-11-20(23)24;1-3-5-7-8-10-11-17-13-16-20(22)19(17)15-14-18(21)12-9-6-4-2;1-3-5-7-9-11-13-15-19-18(16-17-20(19)21)14-12-10-8-6-4-2;/h4,7,12,14-17,21H,2-3,5-6,8-11,13H2,1H3,(H,23,24);6,8-10,13,15-18,21H,3-5,7,11-12,14H2,1-2H3;5,7,10-13,15-18H,3-4,6,8-9,14H2,1-2H3;1H4/b7-4-,18-14+;9-6-,10-8-,19-15+;7-5-,12-10-,13-11+,19-15+;/t16-,17-;17-,18-;18-;/m000./s1. The zero-order valence-corrected chi connectivity index (χ0v) is 42.0. The molecule has 0 fully saturated rings. The van der Waals surface area contributed by atoms with Crippen LogP contribution in [0.3, 0.4) is 0 Å². The van der Waals surface area contributed by atoms with E-state index in [9.17, 15) is 29.4 Å². The number of carboxylic acids is 1. The topological polar surface area (TPSA) is 129 Å². The number of aliphatic hydroxyl groups excluding tert-OH is 2. The average molecular weight is 937 g/mol. The van der Waals surface area contributed by atoms with Gasteiger partial charge in [-0.3, -0.25) is 19.2 Å². The first kappa shape index (κ1) is 63.3. The van der Waals surface area contributed by atoms with E-state index in [2.05, 4.69) is 83.2 Å². The Morgan fingerprint density at radius 1 is 0.529 bits per heavy atom. The van der Waals surface area contributed by atoms with E-state index in [-0.39, 0.29) is 55.1 Å². The Hall–Kier alpha value is -4.72. The van der Waals surface area contributed by atoms with E-state index in [1.807, 2.05) is 60.8 Å². The van der Waals surface area contributed by atoms with E-state index in [0.717, 1.165) is 100 Å². The zero-order chi connectivity index (χ0) is 49.3. The lowest BCUT2D eigenvalue weighted by atomic mass is 9.95. The summed E-state index contributed by atoms with van der Waals surface area (Å²) in [6.07, 6.45) is 61.3.